The zero-order chi connectivity index (χ0) is 18.0. The van der Waals surface area contributed by atoms with Crippen LogP contribution in [0.3, 0.4) is 0 Å². The van der Waals surface area contributed by atoms with Crippen LogP contribution in [0.2, 0.25) is 0 Å². The van der Waals surface area contributed by atoms with Crippen molar-refractivity contribution in [3.63, 3.8) is 0 Å². The SMILES string of the molecule is C=C1CN(C2=CC=C(F)CC2)CCN1S(=O)(=O)c1ccc(CC)cc1. The van der Waals surface area contributed by atoms with Crippen molar-refractivity contribution in [2.24, 2.45) is 0 Å². The number of allylic oxidation sites excluding steroid dienone is 4. The van der Waals surface area contributed by atoms with E-state index >= 15 is 0 Å². The Morgan fingerprint density at radius 1 is 1.12 bits per heavy atom. The van der Waals surface area contributed by atoms with E-state index in [1.54, 1.807) is 18.2 Å². The summed E-state index contributed by atoms with van der Waals surface area (Å²) in [6.45, 7) is 7.36. The van der Waals surface area contributed by atoms with Crippen LogP contribution in [0.4, 0.5) is 4.39 Å². The molecular formula is C19H23FN2O2S. The molecule has 6 heteroatoms. The van der Waals surface area contributed by atoms with Gasteiger partial charge in [-0.05, 0) is 42.7 Å². The van der Waals surface area contributed by atoms with Gasteiger partial charge in [0.15, 0.2) is 0 Å². The summed E-state index contributed by atoms with van der Waals surface area (Å²) >= 11 is 0. The molecule has 1 aromatic carbocycles. The lowest BCUT2D eigenvalue weighted by molar-refractivity contribution is 0.264. The number of nitrogens with zero attached hydrogens (tertiary/aromatic N) is 2. The fourth-order valence-corrected chi connectivity index (χ4v) is 4.63. The second-order valence-electron chi connectivity index (χ2n) is 6.33. The van der Waals surface area contributed by atoms with Crippen LogP contribution in [0.25, 0.3) is 0 Å². The summed E-state index contributed by atoms with van der Waals surface area (Å²) in [6.07, 6.45) is 5.18. The molecule has 0 saturated carbocycles. The molecule has 1 fully saturated rings. The first-order chi connectivity index (χ1) is 11.9. The molecule has 0 bridgehead atoms. The third kappa shape index (κ3) is 3.63. The highest BCUT2D eigenvalue weighted by atomic mass is 32.2. The van der Waals surface area contributed by atoms with E-state index in [0.29, 0.717) is 43.1 Å². The maximum absolute atomic E-state index is 13.2. The molecule has 1 aromatic rings. The summed E-state index contributed by atoms with van der Waals surface area (Å²) in [5.41, 5.74) is 2.68. The van der Waals surface area contributed by atoms with E-state index in [2.05, 4.69) is 11.5 Å². The molecule has 1 aliphatic heterocycles. The van der Waals surface area contributed by atoms with Gasteiger partial charge in [-0.1, -0.05) is 25.6 Å². The fraction of sp³-hybridized carbons (Fsp3) is 0.368. The number of rotatable bonds is 4. The molecule has 0 spiro atoms. The van der Waals surface area contributed by atoms with Crippen LogP contribution >= 0.6 is 0 Å². The first-order valence-corrected chi connectivity index (χ1v) is 9.95. The molecule has 3 rings (SSSR count). The fourth-order valence-electron chi connectivity index (χ4n) is 3.17. The van der Waals surface area contributed by atoms with Gasteiger partial charge in [-0.3, -0.25) is 4.31 Å². The van der Waals surface area contributed by atoms with Crippen LogP contribution in [-0.2, 0) is 16.4 Å². The topological polar surface area (TPSA) is 40.6 Å². The summed E-state index contributed by atoms with van der Waals surface area (Å²) < 4.78 is 40.3. The van der Waals surface area contributed by atoms with Gasteiger partial charge in [-0.15, -0.1) is 0 Å². The van der Waals surface area contributed by atoms with Gasteiger partial charge in [0.2, 0.25) is 0 Å². The zero-order valence-electron chi connectivity index (χ0n) is 14.4. The lowest BCUT2D eigenvalue weighted by Gasteiger charge is -2.39. The van der Waals surface area contributed by atoms with Crippen molar-refractivity contribution >= 4 is 10.0 Å². The van der Waals surface area contributed by atoms with Crippen LogP contribution in [0.1, 0.15) is 25.3 Å². The molecule has 1 saturated heterocycles. The molecule has 2 aliphatic rings. The lowest BCUT2D eigenvalue weighted by atomic mass is 10.1. The summed E-state index contributed by atoms with van der Waals surface area (Å²) in [4.78, 5) is 2.37. The minimum absolute atomic E-state index is 0.112. The first kappa shape index (κ1) is 17.7. The molecule has 0 unspecified atom stereocenters. The third-order valence-electron chi connectivity index (χ3n) is 4.70. The molecule has 1 heterocycles. The van der Waals surface area contributed by atoms with E-state index in [1.807, 2.05) is 19.1 Å². The minimum atomic E-state index is -3.58. The lowest BCUT2D eigenvalue weighted by Crippen LogP contribution is -2.46. The molecule has 0 radical (unpaired) electrons. The Morgan fingerprint density at radius 2 is 1.84 bits per heavy atom. The summed E-state index contributed by atoms with van der Waals surface area (Å²) in [7, 11) is -3.58. The highest BCUT2D eigenvalue weighted by Crippen LogP contribution is 2.28. The standard InChI is InChI=1S/C19H23FN2O2S/c1-3-16-4-10-19(11-5-16)25(23,24)22-13-12-21(14-15(22)2)18-8-6-17(20)7-9-18/h4-6,8,10-11H,2-3,7,9,12-14H2,1H3. The maximum atomic E-state index is 13.2. The smallest absolute Gasteiger partial charge is 0.264 e. The van der Waals surface area contributed by atoms with Gasteiger partial charge < -0.3 is 4.90 Å². The summed E-state index contributed by atoms with van der Waals surface area (Å²) in [5.74, 6) is -0.112. The predicted octanol–water partition coefficient (Wildman–Crippen LogP) is 3.60. The van der Waals surface area contributed by atoms with Crippen molar-refractivity contribution in [3.8, 4) is 0 Å². The van der Waals surface area contributed by atoms with Crippen LogP contribution in [-0.4, -0.2) is 37.3 Å². The number of aryl methyl sites for hydroxylation is 1. The van der Waals surface area contributed by atoms with Gasteiger partial charge in [0, 0.05) is 24.4 Å². The molecule has 0 aromatic heterocycles. The van der Waals surface area contributed by atoms with Crippen molar-refractivity contribution in [2.45, 2.75) is 31.1 Å². The number of sulfonamides is 1. The molecule has 4 nitrogen and oxygen atoms in total. The Bertz CT molecular complexity index is 825. The van der Waals surface area contributed by atoms with E-state index in [1.165, 1.54) is 10.4 Å². The third-order valence-corrected chi connectivity index (χ3v) is 6.59. The Morgan fingerprint density at radius 3 is 2.40 bits per heavy atom. The average Bonchev–Trinajstić information content (AvgIpc) is 2.62. The number of hydrogen-bond donors (Lipinski definition) is 0. The van der Waals surface area contributed by atoms with Crippen molar-refractivity contribution in [1.82, 2.24) is 9.21 Å². The van der Waals surface area contributed by atoms with Gasteiger partial charge in [-0.25, -0.2) is 12.8 Å². The van der Waals surface area contributed by atoms with Gasteiger partial charge in [0.25, 0.3) is 10.0 Å². The largest absolute Gasteiger partial charge is 0.367 e. The highest BCUT2D eigenvalue weighted by Gasteiger charge is 2.31. The number of piperazine rings is 1. The van der Waals surface area contributed by atoms with Gasteiger partial charge in [0.05, 0.1) is 18.0 Å². The van der Waals surface area contributed by atoms with E-state index in [0.717, 1.165) is 17.7 Å². The molecule has 0 atom stereocenters. The van der Waals surface area contributed by atoms with Gasteiger partial charge in [0.1, 0.15) is 5.83 Å². The minimum Gasteiger partial charge on any atom is -0.367 e. The molecule has 134 valence electrons. The van der Waals surface area contributed by atoms with E-state index in [-0.39, 0.29) is 5.83 Å². The number of halogens is 1. The van der Waals surface area contributed by atoms with Crippen molar-refractivity contribution in [2.75, 3.05) is 19.6 Å². The second kappa shape index (κ2) is 7.04. The predicted molar refractivity (Wildman–Crippen MR) is 96.9 cm³/mol. The Balaban J connectivity index is 1.75. The monoisotopic (exact) mass is 362 g/mol. The zero-order valence-corrected chi connectivity index (χ0v) is 15.2. The van der Waals surface area contributed by atoms with Gasteiger partial charge in [-0.2, -0.15) is 0 Å². The normalized spacial score (nSPS) is 18.9. The molecule has 1 aliphatic carbocycles. The van der Waals surface area contributed by atoms with Crippen LogP contribution in [0.5, 0.6) is 0 Å². The van der Waals surface area contributed by atoms with E-state index in [4.69, 9.17) is 0 Å². The molecular weight excluding hydrogens is 339 g/mol. The quantitative estimate of drug-likeness (QED) is 0.822. The van der Waals surface area contributed by atoms with Crippen molar-refractivity contribution in [1.29, 1.82) is 0 Å². The first-order valence-electron chi connectivity index (χ1n) is 8.51. The van der Waals surface area contributed by atoms with Crippen LogP contribution in [0, 0.1) is 0 Å². The Hall–Kier alpha value is -2.08. The molecule has 0 N–H and O–H groups in total. The van der Waals surface area contributed by atoms with Crippen molar-refractivity contribution in [3.05, 3.63) is 65.8 Å². The van der Waals surface area contributed by atoms with Crippen LogP contribution < -0.4 is 0 Å². The number of benzene rings is 1. The molecule has 0 amide bonds. The second-order valence-corrected chi connectivity index (χ2v) is 8.20. The average molecular weight is 362 g/mol. The summed E-state index contributed by atoms with van der Waals surface area (Å²) in [5, 5.41) is 0. The number of hydrogen-bond acceptors (Lipinski definition) is 3. The maximum Gasteiger partial charge on any atom is 0.264 e. The Kier molecular flexibility index (Phi) is 4.99. The summed E-state index contributed by atoms with van der Waals surface area (Å²) in [6, 6.07) is 7.01. The van der Waals surface area contributed by atoms with E-state index < -0.39 is 10.0 Å². The van der Waals surface area contributed by atoms with Crippen molar-refractivity contribution < 1.29 is 12.8 Å². The molecule has 25 heavy (non-hydrogen) atoms. The van der Waals surface area contributed by atoms with E-state index in [9.17, 15) is 12.8 Å². The Labute approximate surface area is 149 Å². The highest BCUT2D eigenvalue weighted by molar-refractivity contribution is 7.89. The van der Waals surface area contributed by atoms with Gasteiger partial charge >= 0.3 is 0 Å². The van der Waals surface area contributed by atoms with Crippen LogP contribution in [0.15, 0.2) is 65.1 Å².